The molecule has 1 atom stereocenters. The molecular weight excluding hydrogens is 220 g/mol. The van der Waals surface area contributed by atoms with E-state index in [2.05, 4.69) is 0 Å². The number of benzene rings is 1. The van der Waals surface area contributed by atoms with Crippen LogP contribution in [0.4, 0.5) is 0 Å². The molecule has 1 rings (SSSR count). The lowest BCUT2D eigenvalue weighted by atomic mass is 10.1. The minimum absolute atomic E-state index is 0.156. The summed E-state index contributed by atoms with van der Waals surface area (Å²) in [6, 6.07) is 9.91. The maximum absolute atomic E-state index is 11.3. The smallest absolute Gasteiger partial charge is 0.135 e. The molecule has 0 aliphatic rings. The Labute approximate surface area is 101 Å². The molecule has 1 N–H and O–H groups in total. The van der Waals surface area contributed by atoms with Gasteiger partial charge in [-0.3, -0.25) is 4.79 Å². The molecule has 88 valence electrons. The molecule has 1 aromatic carbocycles. The zero-order valence-electron chi connectivity index (χ0n) is 9.56. The van der Waals surface area contributed by atoms with Crippen LogP contribution in [0, 0.1) is 0 Å². The summed E-state index contributed by atoms with van der Waals surface area (Å²) < 4.78 is 0. The normalized spacial score (nSPS) is 12.4. The van der Waals surface area contributed by atoms with Crippen molar-refractivity contribution in [3.8, 4) is 0 Å². The van der Waals surface area contributed by atoms with E-state index in [-0.39, 0.29) is 12.2 Å². The summed E-state index contributed by atoms with van der Waals surface area (Å²) >= 11 is 1.59. The molecule has 0 spiro atoms. The van der Waals surface area contributed by atoms with E-state index in [1.165, 1.54) is 0 Å². The first kappa shape index (κ1) is 13.3. The second-order valence-corrected chi connectivity index (χ2v) is 4.86. The third kappa shape index (κ3) is 5.33. The summed E-state index contributed by atoms with van der Waals surface area (Å²) in [6.07, 6.45) is 1.20. The van der Waals surface area contributed by atoms with Crippen molar-refractivity contribution < 1.29 is 9.90 Å². The van der Waals surface area contributed by atoms with Gasteiger partial charge in [0.05, 0.1) is 6.10 Å². The molecule has 0 saturated heterocycles. The lowest BCUT2D eigenvalue weighted by Gasteiger charge is -2.08. The minimum atomic E-state index is -0.524. The van der Waals surface area contributed by atoms with E-state index in [1.54, 1.807) is 11.8 Å². The monoisotopic (exact) mass is 238 g/mol. The second-order valence-electron chi connectivity index (χ2n) is 3.77. The quantitative estimate of drug-likeness (QED) is 0.742. The highest BCUT2D eigenvalue weighted by Crippen LogP contribution is 2.18. The lowest BCUT2D eigenvalue weighted by Crippen LogP contribution is -2.15. The van der Waals surface area contributed by atoms with Gasteiger partial charge in [0, 0.05) is 23.5 Å². The summed E-state index contributed by atoms with van der Waals surface area (Å²) in [6.45, 7) is 1.98. The lowest BCUT2D eigenvalue weighted by molar-refractivity contribution is -0.120. The van der Waals surface area contributed by atoms with Crippen LogP contribution in [0.15, 0.2) is 35.2 Å². The van der Waals surface area contributed by atoms with Crippen molar-refractivity contribution in [3.63, 3.8) is 0 Å². The van der Waals surface area contributed by atoms with Crippen LogP contribution < -0.4 is 0 Å². The molecule has 0 aliphatic carbocycles. The van der Waals surface area contributed by atoms with Crippen molar-refractivity contribution in [2.45, 2.75) is 37.2 Å². The molecule has 16 heavy (non-hydrogen) atoms. The van der Waals surface area contributed by atoms with Crippen molar-refractivity contribution in [1.29, 1.82) is 0 Å². The van der Waals surface area contributed by atoms with E-state index in [9.17, 15) is 9.90 Å². The van der Waals surface area contributed by atoms with Gasteiger partial charge in [-0.05, 0) is 18.6 Å². The fourth-order valence-electron chi connectivity index (χ4n) is 1.41. The average Bonchev–Trinajstić information content (AvgIpc) is 2.28. The van der Waals surface area contributed by atoms with E-state index >= 15 is 0 Å². The van der Waals surface area contributed by atoms with E-state index in [1.807, 2.05) is 37.3 Å². The van der Waals surface area contributed by atoms with Crippen molar-refractivity contribution >= 4 is 17.5 Å². The van der Waals surface area contributed by atoms with Crippen LogP contribution in [0.25, 0.3) is 0 Å². The number of ketones is 1. The van der Waals surface area contributed by atoms with Gasteiger partial charge in [0.15, 0.2) is 0 Å². The molecular formula is C13H18O2S. The number of aliphatic hydroxyl groups is 1. The molecule has 0 amide bonds. The minimum Gasteiger partial charge on any atom is -0.392 e. The van der Waals surface area contributed by atoms with Crippen molar-refractivity contribution in [1.82, 2.24) is 0 Å². The molecule has 0 radical (unpaired) electrons. The van der Waals surface area contributed by atoms with Crippen LogP contribution in [0.5, 0.6) is 0 Å². The molecule has 0 fully saturated rings. The van der Waals surface area contributed by atoms with Gasteiger partial charge in [-0.2, -0.15) is 0 Å². The van der Waals surface area contributed by atoms with Gasteiger partial charge in [0.1, 0.15) is 5.78 Å². The number of carbonyl (C=O) groups excluding carboxylic acids is 1. The number of aliphatic hydroxyl groups excluding tert-OH is 1. The molecule has 0 saturated carbocycles. The zero-order valence-corrected chi connectivity index (χ0v) is 10.4. The first-order valence-corrected chi connectivity index (χ1v) is 6.58. The topological polar surface area (TPSA) is 37.3 Å². The van der Waals surface area contributed by atoms with Crippen molar-refractivity contribution in [2.24, 2.45) is 0 Å². The Kier molecular flexibility index (Phi) is 6.19. The van der Waals surface area contributed by atoms with Gasteiger partial charge in [-0.25, -0.2) is 0 Å². The zero-order chi connectivity index (χ0) is 11.8. The standard InChI is InChI=1S/C13H18O2S/c1-2-6-11(14)9-12(15)10-16-13-7-4-3-5-8-13/h3-5,7-8,12,15H,2,6,9-10H2,1H3/t12-/m0/s1. The van der Waals surface area contributed by atoms with Crippen molar-refractivity contribution in [2.75, 3.05) is 5.75 Å². The van der Waals surface area contributed by atoms with Gasteiger partial charge in [0.25, 0.3) is 0 Å². The Morgan fingerprint density at radius 2 is 2.06 bits per heavy atom. The molecule has 0 unspecified atom stereocenters. The third-order valence-electron chi connectivity index (χ3n) is 2.18. The van der Waals surface area contributed by atoms with Gasteiger partial charge in [-0.1, -0.05) is 25.1 Å². The Bertz CT molecular complexity index is 311. The SMILES string of the molecule is CCCC(=O)C[C@H](O)CSc1ccccc1. The second kappa shape index (κ2) is 7.47. The summed E-state index contributed by atoms with van der Waals surface area (Å²) in [4.78, 5) is 12.4. The Morgan fingerprint density at radius 1 is 1.38 bits per heavy atom. The molecule has 0 bridgehead atoms. The first-order valence-electron chi connectivity index (χ1n) is 5.60. The van der Waals surface area contributed by atoms with E-state index < -0.39 is 6.10 Å². The molecule has 2 nitrogen and oxygen atoms in total. The van der Waals surface area contributed by atoms with Gasteiger partial charge in [0.2, 0.25) is 0 Å². The number of carbonyl (C=O) groups is 1. The van der Waals surface area contributed by atoms with Crippen LogP contribution in [0.2, 0.25) is 0 Å². The fraction of sp³-hybridized carbons (Fsp3) is 0.462. The summed E-state index contributed by atoms with van der Waals surface area (Å²) in [5, 5.41) is 9.67. The van der Waals surface area contributed by atoms with Crippen LogP contribution in [-0.2, 0) is 4.79 Å². The third-order valence-corrected chi connectivity index (χ3v) is 3.33. The number of rotatable bonds is 7. The van der Waals surface area contributed by atoms with E-state index in [4.69, 9.17) is 0 Å². The van der Waals surface area contributed by atoms with Gasteiger partial charge >= 0.3 is 0 Å². The first-order chi connectivity index (χ1) is 7.72. The van der Waals surface area contributed by atoms with Crippen LogP contribution >= 0.6 is 11.8 Å². The average molecular weight is 238 g/mol. The summed E-state index contributed by atoms with van der Waals surface area (Å²) in [5.41, 5.74) is 0. The Hall–Kier alpha value is -0.800. The maximum Gasteiger partial charge on any atom is 0.135 e. The Balaban J connectivity index is 2.25. The largest absolute Gasteiger partial charge is 0.392 e. The number of hydrogen-bond acceptors (Lipinski definition) is 3. The highest BCUT2D eigenvalue weighted by atomic mass is 32.2. The van der Waals surface area contributed by atoms with E-state index in [0.717, 1.165) is 11.3 Å². The molecule has 3 heteroatoms. The van der Waals surface area contributed by atoms with Crippen LogP contribution in [0.1, 0.15) is 26.2 Å². The van der Waals surface area contributed by atoms with Gasteiger partial charge < -0.3 is 5.11 Å². The summed E-state index contributed by atoms with van der Waals surface area (Å²) in [7, 11) is 0. The fourth-order valence-corrected chi connectivity index (χ4v) is 2.26. The van der Waals surface area contributed by atoms with Crippen molar-refractivity contribution in [3.05, 3.63) is 30.3 Å². The highest BCUT2D eigenvalue weighted by Gasteiger charge is 2.10. The molecule has 1 aromatic rings. The number of hydrogen-bond donors (Lipinski definition) is 1. The Morgan fingerprint density at radius 3 is 2.69 bits per heavy atom. The van der Waals surface area contributed by atoms with Crippen LogP contribution in [-0.4, -0.2) is 22.7 Å². The highest BCUT2D eigenvalue weighted by molar-refractivity contribution is 7.99. The maximum atomic E-state index is 11.3. The number of Topliss-reactive ketones (excluding diaryl/α,β-unsaturated/α-hetero) is 1. The van der Waals surface area contributed by atoms with Gasteiger partial charge in [-0.15, -0.1) is 11.8 Å². The van der Waals surface area contributed by atoms with E-state index in [0.29, 0.717) is 12.2 Å². The predicted octanol–water partition coefficient (Wildman–Crippen LogP) is 2.90. The van der Waals surface area contributed by atoms with Crippen LogP contribution in [0.3, 0.4) is 0 Å². The molecule has 0 heterocycles. The number of thioether (sulfide) groups is 1. The predicted molar refractivity (Wildman–Crippen MR) is 67.7 cm³/mol. The summed E-state index contributed by atoms with van der Waals surface area (Å²) in [5.74, 6) is 0.739. The molecule has 0 aromatic heterocycles. The molecule has 0 aliphatic heterocycles.